The third-order valence-electron chi connectivity index (χ3n) is 4.33. The zero-order valence-corrected chi connectivity index (χ0v) is 16.8. The van der Waals surface area contributed by atoms with Crippen LogP contribution in [0.15, 0.2) is 54.6 Å². The smallest absolute Gasteiger partial charge is 0.332 e. The van der Waals surface area contributed by atoms with Gasteiger partial charge in [-0.1, -0.05) is 42.5 Å². The van der Waals surface area contributed by atoms with E-state index in [2.05, 4.69) is 5.32 Å². The van der Waals surface area contributed by atoms with E-state index in [-0.39, 0.29) is 24.6 Å². The number of anilines is 1. The monoisotopic (exact) mass is 429 g/mol. The molecular formula is C20H23ClF3N3O2. The van der Waals surface area contributed by atoms with Gasteiger partial charge in [-0.3, -0.25) is 9.59 Å². The van der Waals surface area contributed by atoms with Gasteiger partial charge in [-0.2, -0.15) is 13.2 Å². The quantitative estimate of drug-likeness (QED) is 0.733. The summed E-state index contributed by atoms with van der Waals surface area (Å²) in [5.41, 5.74) is 4.08. The molecule has 2 rings (SSSR count). The number of halogens is 4. The maximum Gasteiger partial charge on any atom is 0.418 e. The van der Waals surface area contributed by atoms with Gasteiger partial charge in [-0.05, 0) is 31.5 Å². The van der Waals surface area contributed by atoms with Crippen LogP contribution in [0.1, 0.15) is 25.0 Å². The molecule has 0 bridgehead atoms. The molecule has 0 heterocycles. The summed E-state index contributed by atoms with van der Waals surface area (Å²) in [6.45, 7) is 2.95. The second-order valence-electron chi connectivity index (χ2n) is 6.48. The zero-order chi connectivity index (χ0) is 20.9. The number of carbonyl (C=O) groups excluding carboxylic acids is 2. The summed E-state index contributed by atoms with van der Waals surface area (Å²) in [5, 5.41) is 2.23. The van der Waals surface area contributed by atoms with Crippen molar-refractivity contribution in [1.82, 2.24) is 4.90 Å². The molecular weight excluding hydrogens is 407 g/mol. The van der Waals surface area contributed by atoms with Gasteiger partial charge in [-0.15, -0.1) is 12.4 Å². The van der Waals surface area contributed by atoms with E-state index < -0.39 is 35.6 Å². The highest BCUT2D eigenvalue weighted by atomic mass is 35.5. The molecule has 0 aliphatic rings. The van der Waals surface area contributed by atoms with Crippen LogP contribution in [-0.2, 0) is 21.3 Å². The van der Waals surface area contributed by atoms with Crippen molar-refractivity contribution in [3.8, 4) is 0 Å². The minimum Gasteiger partial charge on any atom is -0.332 e. The first-order valence-electron chi connectivity index (χ1n) is 8.67. The number of carbonyl (C=O) groups is 2. The molecule has 9 heteroatoms. The van der Waals surface area contributed by atoms with E-state index in [4.69, 9.17) is 5.73 Å². The molecule has 2 aromatic rings. The first-order chi connectivity index (χ1) is 13.1. The van der Waals surface area contributed by atoms with E-state index >= 15 is 0 Å². The molecule has 0 saturated heterocycles. The Morgan fingerprint density at radius 3 is 2.14 bits per heavy atom. The normalized spacial score (nSPS) is 13.0. The molecule has 0 aliphatic carbocycles. The Kier molecular flexibility index (Phi) is 8.23. The van der Waals surface area contributed by atoms with Gasteiger partial charge in [0.05, 0.1) is 17.8 Å². The van der Waals surface area contributed by atoms with Gasteiger partial charge in [0.1, 0.15) is 5.54 Å². The Morgan fingerprint density at radius 2 is 1.59 bits per heavy atom. The second kappa shape index (κ2) is 9.76. The largest absolute Gasteiger partial charge is 0.418 e. The van der Waals surface area contributed by atoms with Crippen LogP contribution in [0.5, 0.6) is 0 Å². The summed E-state index contributed by atoms with van der Waals surface area (Å²) in [6, 6.07) is 13.3. The number of benzene rings is 2. The van der Waals surface area contributed by atoms with Gasteiger partial charge >= 0.3 is 6.18 Å². The minimum atomic E-state index is -4.60. The van der Waals surface area contributed by atoms with E-state index in [1.807, 2.05) is 0 Å². The van der Waals surface area contributed by atoms with Gasteiger partial charge in [0, 0.05) is 6.54 Å². The summed E-state index contributed by atoms with van der Waals surface area (Å²) >= 11 is 0. The molecule has 0 fully saturated rings. The van der Waals surface area contributed by atoms with Crippen LogP contribution >= 0.6 is 12.4 Å². The third-order valence-corrected chi connectivity index (χ3v) is 4.33. The van der Waals surface area contributed by atoms with E-state index in [1.165, 1.54) is 24.0 Å². The topological polar surface area (TPSA) is 75.4 Å². The van der Waals surface area contributed by atoms with Crippen molar-refractivity contribution in [2.45, 2.75) is 25.6 Å². The van der Waals surface area contributed by atoms with Crippen LogP contribution in [0.4, 0.5) is 18.9 Å². The molecule has 0 saturated carbocycles. The Hall–Kier alpha value is -2.58. The number of rotatable bonds is 6. The first-order valence-corrected chi connectivity index (χ1v) is 8.67. The highest BCUT2D eigenvalue weighted by Gasteiger charge is 2.36. The number of alkyl halides is 3. The average molecular weight is 430 g/mol. The van der Waals surface area contributed by atoms with Gasteiger partial charge in [0.15, 0.2) is 0 Å². The maximum atomic E-state index is 13.1. The van der Waals surface area contributed by atoms with Gasteiger partial charge in [-0.25, -0.2) is 0 Å². The lowest BCUT2D eigenvalue weighted by Gasteiger charge is -2.31. The van der Waals surface area contributed by atoms with Crippen molar-refractivity contribution in [2.24, 2.45) is 5.73 Å². The predicted molar refractivity (Wildman–Crippen MR) is 108 cm³/mol. The number of likely N-dealkylation sites (N-methyl/N-ethyl adjacent to an activating group) is 1. The van der Waals surface area contributed by atoms with Crippen molar-refractivity contribution in [1.29, 1.82) is 0 Å². The van der Waals surface area contributed by atoms with Crippen LogP contribution in [-0.4, -0.2) is 29.8 Å². The number of para-hydroxylation sites is 1. The number of hydrogen-bond acceptors (Lipinski definition) is 3. The molecule has 0 spiro atoms. The highest BCUT2D eigenvalue weighted by Crippen LogP contribution is 2.34. The van der Waals surface area contributed by atoms with Crippen LogP contribution in [0.2, 0.25) is 0 Å². The number of nitrogens with zero attached hydrogens (tertiary/aromatic N) is 1. The lowest BCUT2D eigenvalue weighted by atomic mass is 9.91. The molecule has 0 radical (unpaired) electrons. The van der Waals surface area contributed by atoms with E-state index in [9.17, 15) is 22.8 Å². The molecule has 29 heavy (non-hydrogen) atoms. The van der Waals surface area contributed by atoms with Crippen molar-refractivity contribution in [3.05, 3.63) is 65.7 Å². The number of amides is 2. The molecule has 0 aromatic heterocycles. The van der Waals surface area contributed by atoms with Crippen molar-refractivity contribution >= 4 is 29.9 Å². The summed E-state index contributed by atoms with van der Waals surface area (Å²) in [6.07, 6.45) is -4.60. The molecule has 1 unspecified atom stereocenters. The van der Waals surface area contributed by atoms with E-state index in [0.717, 1.165) is 12.1 Å². The van der Waals surface area contributed by atoms with Crippen molar-refractivity contribution in [3.63, 3.8) is 0 Å². The molecule has 2 aromatic carbocycles. The van der Waals surface area contributed by atoms with Gasteiger partial charge < -0.3 is 16.0 Å². The van der Waals surface area contributed by atoms with Crippen LogP contribution < -0.4 is 11.1 Å². The first kappa shape index (κ1) is 24.5. The van der Waals surface area contributed by atoms with Crippen LogP contribution in [0, 0.1) is 0 Å². The zero-order valence-electron chi connectivity index (χ0n) is 16.0. The van der Waals surface area contributed by atoms with Crippen LogP contribution in [0.3, 0.4) is 0 Å². The van der Waals surface area contributed by atoms with E-state index in [1.54, 1.807) is 37.3 Å². The average Bonchev–Trinajstić information content (AvgIpc) is 2.65. The minimum absolute atomic E-state index is 0. The Labute approximate surface area is 173 Å². The fourth-order valence-corrected chi connectivity index (χ4v) is 2.77. The highest BCUT2D eigenvalue weighted by molar-refractivity contribution is 5.96. The molecule has 158 valence electrons. The molecule has 3 N–H and O–H groups in total. The fraction of sp³-hybridized carbons (Fsp3) is 0.300. The third kappa shape index (κ3) is 5.95. The number of nitrogens with two attached hydrogens (primary N) is 1. The van der Waals surface area contributed by atoms with Crippen LogP contribution in [0.25, 0.3) is 0 Å². The molecule has 0 aliphatic heterocycles. The number of hydrogen-bond donors (Lipinski definition) is 2. The molecule has 2 amide bonds. The Bertz CT molecular complexity index is 842. The van der Waals surface area contributed by atoms with Gasteiger partial charge in [0.2, 0.25) is 11.8 Å². The summed E-state index contributed by atoms with van der Waals surface area (Å²) in [7, 11) is 0. The summed E-state index contributed by atoms with van der Waals surface area (Å²) in [5.74, 6) is -1.24. The lowest BCUT2D eigenvalue weighted by Crippen LogP contribution is -2.52. The summed E-state index contributed by atoms with van der Waals surface area (Å²) < 4.78 is 39.2. The van der Waals surface area contributed by atoms with Crippen molar-refractivity contribution in [2.75, 3.05) is 18.4 Å². The second-order valence-corrected chi connectivity index (χ2v) is 6.48. The SMILES string of the molecule is CCN(CC(=O)Nc1ccccc1C(F)(F)F)C(=O)C(C)(N)c1ccccc1.Cl. The fourth-order valence-electron chi connectivity index (χ4n) is 2.77. The maximum absolute atomic E-state index is 13.1. The Balaban J connectivity index is 0.00000420. The molecule has 1 atom stereocenters. The van der Waals surface area contributed by atoms with Gasteiger partial charge in [0.25, 0.3) is 0 Å². The predicted octanol–water partition coefficient (Wildman–Crippen LogP) is 3.79. The molecule has 5 nitrogen and oxygen atoms in total. The van der Waals surface area contributed by atoms with Crippen molar-refractivity contribution < 1.29 is 22.8 Å². The standard InChI is InChI=1S/C20H22F3N3O2.ClH/c1-3-26(18(28)19(2,24)14-9-5-4-6-10-14)13-17(27)25-16-12-8-7-11-15(16)20(21,22)23;/h4-12H,3,13,24H2,1-2H3,(H,25,27);1H. The Morgan fingerprint density at radius 1 is 1.03 bits per heavy atom. The number of nitrogens with one attached hydrogen (secondary N) is 1. The van der Waals surface area contributed by atoms with E-state index in [0.29, 0.717) is 5.56 Å². The summed E-state index contributed by atoms with van der Waals surface area (Å²) in [4.78, 5) is 26.4. The lowest BCUT2D eigenvalue weighted by molar-refractivity contribution is -0.139.